The van der Waals surface area contributed by atoms with E-state index in [9.17, 15) is 4.79 Å². The summed E-state index contributed by atoms with van der Waals surface area (Å²) in [6.07, 6.45) is 1.98. The molecule has 0 aliphatic carbocycles. The molecule has 1 saturated heterocycles. The van der Waals surface area contributed by atoms with Crippen molar-refractivity contribution in [2.24, 2.45) is 0 Å². The Morgan fingerprint density at radius 2 is 2.00 bits per heavy atom. The van der Waals surface area contributed by atoms with Crippen LogP contribution in [0, 0.1) is 0 Å². The predicted molar refractivity (Wildman–Crippen MR) is 79.7 cm³/mol. The number of nitrogens with one attached hydrogen (secondary N) is 1. The van der Waals surface area contributed by atoms with Gasteiger partial charge in [-0.15, -0.1) is 0 Å². The van der Waals surface area contributed by atoms with Gasteiger partial charge in [0, 0.05) is 44.0 Å². The second-order valence-electron chi connectivity index (χ2n) is 5.20. The Morgan fingerprint density at radius 1 is 1.35 bits per heavy atom. The minimum absolute atomic E-state index is 0.0136. The highest BCUT2D eigenvalue weighted by Crippen LogP contribution is 2.12. The minimum atomic E-state index is -0.0136. The number of hydrogen-bond acceptors (Lipinski definition) is 4. The Morgan fingerprint density at radius 3 is 2.60 bits per heavy atom. The zero-order valence-electron chi connectivity index (χ0n) is 12.0. The predicted octanol–water partition coefficient (Wildman–Crippen LogP) is 1.11. The van der Waals surface area contributed by atoms with Crippen LogP contribution in [0.1, 0.15) is 23.2 Å². The fourth-order valence-corrected chi connectivity index (χ4v) is 2.42. The molecule has 0 radical (unpaired) electrons. The first-order valence-electron chi connectivity index (χ1n) is 7.06. The third kappa shape index (κ3) is 4.21. The van der Waals surface area contributed by atoms with Crippen LogP contribution in [0.5, 0.6) is 0 Å². The van der Waals surface area contributed by atoms with E-state index in [-0.39, 0.29) is 11.9 Å². The van der Waals surface area contributed by atoms with E-state index in [0.717, 1.165) is 39.1 Å². The maximum absolute atomic E-state index is 12.1. The Labute approximate surface area is 120 Å². The zero-order chi connectivity index (χ0) is 14.4. The molecule has 110 valence electrons. The zero-order valence-corrected chi connectivity index (χ0v) is 12.0. The third-order valence-electron chi connectivity index (χ3n) is 3.71. The van der Waals surface area contributed by atoms with Gasteiger partial charge in [0.1, 0.15) is 0 Å². The Balaban J connectivity index is 1.77. The second-order valence-corrected chi connectivity index (χ2v) is 5.20. The van der Waals surface area contributed by atoms with E-state index >= 15 is 0 Å². The van der Waals surface area contributed by atoms with E-state index in [2.05, 4.69) is 10.2 Å². The van der Waals surface area contributed by atoms with Crippen molar-refractivity contribution in [3.63, 3.8) is 0 Å². The molecule has 1 fully saturated rings. The molecular weight excluding hydrogens is 254 g/mol. The lowest BCUT2D eigenvalue weighted by Gasteiger charge is -2.32. The summed E-state index contributed by atoms with van der Waals surface area (Å²) in [7, 11) is 1.72. The number of methoxy groups -OCH3 is 1. The average molecular weight is 277 g/mol. The summed E-state index contributed by atoms with van der Waals surface area (Å²) in [6.45, 7) is 3.75. The lowest BCUT2D eigenvalue weighted by Crippen LogP contribution is -2.45. The van der Waals surface area contributed by atoms with Crippen molar-refractivity contribution >= 4 is 11.6 Å². The quantitative estimate of drug-likeness (QED) is 0.791. The molecule has 3 N–H and O–H groups in total. The summed E-state index contributed by atoms with van der Waals surface area (Å²) in [5.41, 5.74) is 6.96. The van der Waals surface area contributed by atoms with Crippen LogP contribution in [0.2, 0.25) is 0 Å². The highest BCUT2D eigenvalue weighted by molar-refractivity contribution is 5.94. The van der Waals surface area contributed by atoms with Crippen LogP contribution in [-0.2, 0) is 4.74 Å². The van der Waals surface area contributed by atoms with Crippen LogP contribution in [0.3, 0.4) is 0 Å². The van der Waals surface area contributed by atoms with E-state index < -0.39 is 0 Å². The van der Waals surface area contributed by atoms with Crippen molar-refractivity contribution in [2.45, 2.75) is 18.9 Å². The molecule has 5 heteroatoms. The lowest BCUT2D eigenvalue weighted by molar-refractivity contribution is 0.0893. The fourth-order valence-electron chi connectivity index (χ4n) is 2.42. The van der Waals surface area contributed by atoms with E-state index in [0.29, 0.717) is 11.3 Å². The Hall–Kier alpha value is -1.59. The topological polar surface area (TPSA) is 67.6 Å². The molecule has 0 spiro atoms. The van der Waals surface area contributed by atoms with Crippen LogP contribution in [0.25, 0.3) is 0 Å². The van der Waals surface area contributed by atoms with Crippen molar-refractivity contribution in [3.8, 4) is 0 Å². The Kier molecular flexibility index (Phi) is 5.38. The van der Waals surface area contributed by atoms with Crippen molar-refractivity contribution in [1.29, 1.82) is 0 Å². The van der Waals surface area contributed by atoms with Crippen LogP contribution >= 0.6 is 0 Å². The normalized spacial score (nSPS) is 17.1. The first-order valence-corrected chi connectivity index (χ1v) is 7.06. The van der Waals surface area contributed by atoms with Crippen LogP contribution < -0.4 is 11.1 Å². The number of likely N-dealkylation sites (tertiary alicyclic amines) is 1. The molecule has 2 rings (SSSR count). The summed E-state index contributed by atoms with van der Waals surface area (Å²) >= 11 is 0. The molecule has 1 aliphatic heterocycles. The van der Waals surface area contributed by atoms with Crippen molar-refractivity contribution in [1.82, 2.24) is 10.2 Å². The number of rotatable bonds is 5. The number of benzene rings is 1. The number of piperidine rings is 1. The lowest BCUT2D eigenvalue weighted by atomic mass is 10.0. The van der Waals surface area contributed by atoms with Crippen LogP contribution in [-0.4, -0.2) is 50.2 Å². The van der Waals surface area contributed by atoms with E-state index in [4.69, 9.17) is 10.5 Å². The largest absolute Gasteiger partial charge is 0.399 e. The maximum Gasteiger partial charge on any atom is 0.251 e. The molecule has 0 unspecified atom stereocenters. The highest BCUT2D eigenvalue weighted by Gasteiger charge is 2.20. The van der Waals surface area contributed by atoms with Gasteiger partial charge in [-0.25, -0.2) is 0 Å². The Bertz CT molecular complexity index is 425. The molecule has 1 amide bonds. The molecular formula is C15H23N3O2. The van der Waals surface area contributed by atoms with Gasteiger partial charge in [0.15, 0.2) is 0 Å². The number of nitrogen functional groups attached to an aromatic ring is 1. The van der Waals surface area contributed by atoms with Crippen molar-refractivity contribution in [3.05, 3.63) is 29.8 Å². The standard InChI is InChI=1S/C15H23N3O2/c1-20-11-10-18-8-6-14(7-9-18)17-15(19)12-2-4-13(16)5-3-12/h2-5,14H,6-11,16H2,1H3,(H,17,19). The molecule has 20 heavy (non-hydrogen) atoms. The number of amides is 1. The van der Waals surface area contributed by atoms with Gasteiger partial charge in [-0.2, -0.15) is 0 Å². The highest BCUT2D eigenvalue weighted by atomic mass is 16.5. The van der Waals surface area contributed by atoms with Gasteiger partial charge >= 0.3 is 0 Å². The first-order chi connectivity index (χ1) is 9.69. The summed E-state index contributed by atoms with van der Waals surface area (Å²) in [6, 6.07) is 7.29. The molecule has 0 aromatic heterocycles. The molecule has 0 bridgehead atoms. The molecule has 1 aromatic carbocycles. The molecule has 1 heterocycles. The number of carbonyl (C=O) groups is 1. The second kappa shape index (κ2) is 7.26. The number of carbonyl (C=O) groups excluding carboxylic acids is 1. The number of ether oxygens (including phenoxy) is 1. The number of anilines is 1. The number of nitrogens with two attached hydrogens (primary N) is 1. The summed E-state index contributed by atoms with van der Waals surface area (Å²) in [4.78, 5) is 14.5. The van der Waals surface area contributed by atoms with Crippen molar-refractivity contribution in [2.75, 3.05) is 39.1 Å². The van der Waals surface area contributed by atoms with Gasteiger partial charge < -0.3 is 20.7 Å². The molecule has 0 saturated carbocycles. The summed E-state index contributed by atoms with van der Waals surface area (Å²) in [5, 5.41) is 3.09. The molecule has 5 nitrogen and oxygen atoms in total. The molecule has 1 aromatic rings. The van der Waals surface area contributed by atoms with Gasteiger partial charge in [-0.05, 0) is 37.1 Å². The maximum atomic E-state index is 12.1. The third-order valence-corrected chi connectivity index (χ3v) is 3.71. The fraction of sp³-hybridized carbons (Fsp3) is 0.533. The van der Waals surface area contributed by atoms with Gasteiger partial charge in [-0.3, -0.25) is 4.79 Å². The van der Waals surface area contributed by atoms with Crippen LogP contribution in [0.4, 0.5) is 5.69 Å². The van der Waals surface area contributed by atoms with Crippen LogP contribution in [0.15, 0.2) is 24.3 Å². The van der Waals surface area contributed by atoms with Gasteiger partial charge in [0.2, 0.25) is 0 Å². The summed E-state index contributed by atoms with van der Waals surface area (Å²) in [5.74, 6) is -0.0136. The monoisotopic (exact) mass is 277 g/mol. The minimum Gasteiger partial charge on any atom is -0.399 e. The molecule has 1 aliphatic rings. The first kappa shape index (κ1) is 14.8. The number of hydrogen-bond donors (Lipinski definition) is 2. The van der Waals surface area contributed by atoms with Gasteiger partial charge in [0.05, 0.1) is 6.61 Å². The van der Waals surface area contributed by atoms with E-state index in [1.165, 1.54) is 0 Å². The van der Waals surface area contributed by atoms with Gasteiger partial charge in [-0.1, -0.05) is 0 Å². The van der Waals surface area contributed by atoms with Gasteiger partial charge in [0.25, 0.3) is 5.91 Å². The van der Waals surface area contributed by atoms with E-state index in [1.54, 1.807) is 31.4 Å². The SMILES string of the molecule is COCCN1CCC(NC(=O)c2ccc(N)cc2)CC1. The van der Waals surface area contributed by atoms with E-state index in [1.807, 2.05) is 0 Å². The smallest absolute Gasteiger partial charge is 0.251 e. The molecule has 0 atom stereocenters. The average Bonchev–Trinajstić information content (AvgIpc) is 2.47. The van der Waals surface area contributed by atoms with Crippen molar-refractivity contribution < 1.29 is 9.53 Å². The summed E-state index contributed by atoms with van der Waals surface area (Å²) < 4.78 is 5.08. The number of nitrogens with zero attached hydrogens (tertiary/aromatic N) is 1.